The Morgan fingerprint density at radius 2 is 2.04 bits per heavy atom. The van der Waals surface area contributed by atoms with Crippen molar-refractivity contribution in [2.24, 2.45) is 0 Å². The van der Waals surface area contributed by atoms with Crippen LogP contribution in [0.25, 0.3) is 6.08 Å². The van der Waals surface area contributed by atoms with Crippen LogP contribution in [-0.2, 0) is 9.59 Å². The van der Waals surface area contributed by atoms with E-state index < -0.39 is 11.9 Å². The van der Waals surface area contributed by atoms with E-state index in [-0.39, 0.29) is 5.57 Å². The number of anilines is 1. The second-order valence-corrected chi connectivity index (χ2v) is 7.01. The molecule has 2 aromatic rings. The number of nitrogens with one attached hydrogen (secondary N) is 1. The topological polar surface area (TPSA) is 88.4 Å². The van der Waals surface area contributed by atoms with Gasteiger partial charge in [-0.25, -0.2) is 0 Å². The standard InChI is InChI=1S/C21H19IN2O4/c1-4-27-19-11-15(10-18(22)20(19)28-14(3)25)9-16(12-23)21(26)24-17-7-5-6-13(2)8-17/h5-11H,4H2,1-3H3,(H,24,26)/b16-9+. The van der Waals surface area contributed by atoms with Crippen molar-refractivity contribution in [1.29, 1.82) is 5.26 Å². The third-order valence-corrected chi connectivity index (χ3v) is 4.33. The molecule has 0 aromatic heterocycles. The zero-order valence-electron chi connectivity index (χ0n) is 15.7. The van der Waals surface area contributed by atoms with E-state index in [0.717, 1.165) is 5.56 Å². The van der Waals surface area contributed by atoms with E-state index in [1.807, 2.05) is 60.7 Å². The SMILES string of the molecule is CCOc1cc(/C=C(\C#N)C(=O)Nc2cccc(C)c2)cc(I)c1OC(C)=O. The average molecular weight is 490 g/mol. The van der Waals surface area contributed by atoms with Crippen molar-refractivity contribution in [3.05, 3.63) is 56.7 Å². The van der Waals surface area contributed by atoms with Gasteiger partial charge in [0.15, 0.2) is 11.5 Å². The molecule has 6 nitrogen and oxygen atoms in total. The predicted molar refractivity (Wildman–Crippen MR) is 115 cm³/mol. The minimum Gasteiger partial charge on any atom is -0.490 e. The van der Waals surface area contributed by atoms with Gasteiger partial charge in [0, 0.05) is 12.6 Å². The molecule has 1 amide bonds. The number of rotatable bonds is 6. The maximum Gasteiger partial charge on any atom is 0.308 e. The molecule has 0 saturated carbocycles. The Labute approximate surface area is 177 Å². The van der Waals surface area contributed by atoms with Crippen LogP contribution in [0.4, 0.5) is 5.69 Å². The lowest BCUT2D eigenvalue weighted by Crippen LogP contribution is -2.13. The molecule has 144 valence electrons. The van der Waals surface area contributed by atoms with E-state index in [0.29, 0.717) is 32.9 Å². The lowest BCUT2D eigenvalue weighted by atomic mass is 10.1. The quantitative estimate of drug-likeness (QED) is 0.212. The molecule has 0 atom stereocenters. The van der Waals surface area contributed by atoms with Crippen LogP contribution in [0.1, 0.15) is 25.0 Å². The maximum atomic E-state index is 12.5. The molecule has 2 rings (SSSR count). The summed E-state index contributed by atoms with van der Waals surface area (Å²) < 4.78 is 11.4. The number of esters is 1. The molecule has 0 aliphatic rings. The van der Waals surface area contributed by atoms with Crippen LogP contribution >= 0.6 is 22.6 Å². The van der Waals surface area contributed by atoms with Crippen LogP contribution in [-0.4, -0.2) is 18.5 Å². The van der Waals surface area contributed by atoms with Crippen molar-refractivity contribution in [3.63, 3.8) is 0 Å². The fourth-order valence-corrected chi connectivity index (χ4v) is 3.15. The lowest BCUT2D eigenvalue weighted by molar-refractivity contribution is -0.132. The summed E-state index contributed by atoms with van der Waals surface area (Å²) in [6.07, 6.45) is 1.47. The summed E-state index contributed by atoms with van der Waals surface area (Å²) in [6.45, 7) is 5.40. The number of hydrogen-bond acceptors (Lipinski definition) is 5. The highest BCUT2D eigenvalue weighted by molar-refractivity contribution is 14.1. The molecular weight excluding hydrogens is 471 g/mol. The number of aryl methyl sites for hydroxylation is 1. The van der Waals surface area contributed by atoms with Gasteiger partial charge in [-0.2, -0.15) is 5.26 Å². The number of nitriles is 1. The third kappa shape index (κ3) is 5.82. The number of carbonyl (C=O) groups is 2. The molecule has 2 aromatic carbocycles. The van der Waals surface area contributed by atoms with E-state index in [4.69, 9.17) is 9.47 Å². The molecule has 1 N–H and O–H groups in total. The van der Waals surface area contributed by atoms with Crippen LogP contribution in [0, 0.1) is 21.8 Å². The van der Waals surface area contributed by atoms with Gasteiger partial charge in [0.25, 0.3) is 5.91 Å². The minimum atomic E-state index is -0.509. The van der Waals surface area contributed by atoms with Crippen molar-refractivity contribution in [3.8, 4) is 17.6 Å². The van der Waals surface area contributed by atoms with Crippen molar-refractivity contribution >= 4 is 46.2 Å². The summed E-state index contributed by atoms with van der Waals surface area (Å²) in [5.41, 5.74) is 2.14. The molecule has 0 radical (unpaired) electrons. The highest BCUT2D eigenvalue weighted by atomic mass is 127. The fourth-order valence-electron chi connectivity index (χ4n) is 2.41. The van der Waals surface area contributed by atoms with Gasteiger partial charge < -0.3 is 14.8 Å². The summed E-state index contributed by atoms with van der Waals surface area (Å²) in [6, 6.07) is 12.6. The number of hydrogen-bond donors (Lipinski definition) is 1. The van der Waals surface area contributed by atoms with Gasteiger partial charge in [0.1, 0.15) is 11.6 Å². The van der Waals surface area contributed by atoms with Gasteiger partial charge in [-0.05, 0) is 77.9 Å². The minimum absolute atomic E-state index is 0.0556. The predicted octanol–water partition coefficient (Wildman–Crippen LogP) is 4.47. The number of amides is 1. The van der Waals surface area contributed by atoms with Crippen molar-refractivity contribution in [1.82, 2.24) is 0 Å². The first-order valence-electron chi connectivity index (χ1n) is 8.48. The Hall–Kier alpha value is -2.86. The van der Waals surface area contributed by atoms with Gasteiger partial charge in [0.05, 0.1) is 10.2 Å². The average Bonchev–Trinajstić information content (AvgIpc) is 2.62. The number of halogens is 1. The first-order valence-corrected chi connectivity index (χ1v) is 9.56. The van der Waals surface area contributed by atoms with Gasteiger partial charge in [-0.1, -0.05) is 12.1 Å². The van der Waals surface area contributed by atoms with E-state index in [9.17, 15) is 14.9 Å². The van der Waals surface area contributed by atoms with E-state index in [1.54, 1.807) is 18.2 Å². The molecule has 0 bridgehead atoms. The van der Waals surface area contributed by atoms with E-state index in [2.05, 4.69) is 5.32 Å². The summed E-state index contributed by atoms with van der Waals surface area (Å²) in [7, 11) is 0. The van der Waals surface area contributed by atoms with Gasteiger partial charge in [-0.15, -0.1) is 0 Å². The monoisotopic (exact) mass is 490 g/mol. The molecule has 28 heavy (non-hydrogen) atoms. The van der Waals surface area contributed by atoms with Crippen LogP contribution in [0.2, 0.25) is 0 Å². The Bertz CT molecular complexity index is 977. The zero-order valence-corrected chi connectivity index (χ0v) is 17.9. The molecule has 0 spiro atoms. The summed E-state index contributed by atoms with van der Waals surface area (Å²) in [4.78, 5) is 23.8. The highest BCUT2D eigenvalue weighted by Crippen LogP contribution is 2.35. The van der Waals surface area contributed by atoms with E-state index >= 15 is 0 Å². The number of ether oxygens (including phenoxy) is 2. The molecule has 0 heterocycles. The first kappa shape index (κ1) is 21.4. The Morgan fingerprint density at radius 1 is 1.29 bits per heavy atom. The zero-order chi connectivity index (χ0) is 20.7. The van der Waals surface area contributed by atoms with Crippen LogP contribution in [0.5, 0.6) is 11.5 Å². The Morgan fingerprint density at radius 3 is 2.64 bits per heavy atom. The van der Waals surface area contributed by atoms with Crippen LogP contribution in [0.3, 0.4) is 0 Å². The molecule has 0 aliphatic heterocycles. The summed E-state index contributed by atoms with van der Waals surface area (Å²) in [5, 5.41) is 12.1. The fraction of sp³-hybridized carbons (Fsp3) is 0.190. The second-order valence-electron chi connectivity index (χ2n) is 5.85. The van der Waals surface area contributed by atoms with E-state index in [1.165, 1.54) is 13.0 Å². The summed E-state index contributed by atoms with van der Waals surface area (Å²) in [5.74, 6) is -0.287. The normalized spacial score (nSPS) is 10.8. The molecule has 0 fully saturated rings. The van der Waals surface area contributed by atoms with Gasteiger partial charge in [-0.3, -0.25) is 9.59 Å². The molecule has 0 saturated heterocycles. The number of nitrogens with zero attached hydrogens (tertiary/aromatic N) is 1. The van der Waals surface area contributed by atoms with Gasteiger partial charge in [0.2, 0.25) is 0 Å². The number of carbonyl (C=O) groups excluding carboxylic acids is 2. The van der Waals surface area contributed by atoms with Gasteiger partial charge >= 0.3 is 5.97 Å². The van der Waals surface area contributed by atoms with Crippen molar-refractivity contribution < 1.29 is 19.1 Å². The Balaban J connectivity index is 2.36. The highest BCUT2D eigenvalue weighted by Gasteiger charge is 2.15. The molecule has 0 unspecified atom stereocenters. The summed E-state index contributed by atoms with van der Waals surface area (Å²) >= 11 is 2.01. The van der Waals surface area contributed by atoms with Crippen LogP contribution in [0.15, 0.2) is 42.0 Å². The smallest absolute Gasteiger partial charge is 0.308 e. The maximum absolute atomic E-state index is 12.5. The van der Waals surface area contributed by atoms with Crippen LogP contribution < -0.4 is 14.8 Å². The number of benzene rings is 2. The Kier molecular flexibility index (Phi) is 7.58. The second kappa shape index (κ2) is 9.90. The third-order valence-electron chi connectivity index (χ3n) is 3.53. The largest absolute Gasteiger partial charge is 0.490 e. The molecule has 0 aliphatic carbocycles. The van der Waals surface area contributed by atoms with Crippen molar-refractivity contribution in [2.75, 3.05) is 11.9 Å². The lowest BCUT2D eigenvalue weighted by Gasteiger charge is -2.13. The molecule has 7 heteroatoms. The molecular formula is C21H19IN2O4. The van der Waals surface area contributed by atoms with Crippen molar-refractivity contribution in [2.45, 2.75) is 20.8 Å². The first-order chi connectivity index (χ1) is 13.3.